The van der Waals surface area contributed by atoms with E-state index in [9.17, 15) is 4.79 Å². The van der Waals surface area contributed by atoms with E-state index in [-0.39, 0.29) is 31.6 Å². The van der Waals surface area contributed by atoms with Crippen molar-refractivity contribution in [3.8, 4) is 28.2 Å². The zero-order chi connectivity index (χ0) is 37.5. The number of aromatic nitrogens is 2. The number of fused-ring (bicyclic) bond motifs is 2. The minimum atomic E-state index is -0.0191. The predicted molar refractivity (Wildman–Crippen MR) is 219 cm³/mol. The zero-order valence-electron chi connectivity index (χ0n) is 32.0. The molecule has 2 heterocycles. The van der Waals surface area contributed by atoms with Crippen LogP contribution >= 0.6 is 0 Å². The van der Waals surface area contributed by atoms with Crippen LogP contribution in [0.4, 0.5) is 0 Å². The number of furan rings is 1. The molecule has 0 aliphatic rings. The number of allylic oxidation sites excluding steroid dienone is 2. The Kier molecular flexibility index (Phi) is 13.6. The van der Waals surface area contributed by atoms with E-state index in [4.69, 9.17) is 14.5 Å². The Bertz CT molecular complexity index is 2320. The third-order valence-electron chi connectivity index (χ3n) is 9.69. The molecule has 7 rings (SSSR count). The summed E-state index contributed by atoms with van der Waals surface area (Å²) in [6.45, 7) is 12.7. The van der Waals surface area contributed by atoms with Crippen molar-refractivity contribution in [3.63, 3.8) is 0 Å². The van der Waals surface area contributed by atoms with Crippen LogP contribution in [0.2, 0.25) is 0 Å². The SMILES string of the molecule is CC(C)c1cc(-c2ccccc2)cc(C(C)C)c1-n1c(-c2[c-]oc3ccc(CCc4ccccc4)cc23)nc2ccccc21.CCC(=O)/C=C(\O)CC.[Ir]. The average Bonchev–Trinajstić information content (AvgIpc) is 3.78. The second-order valence-corrected chi connectivity index (χ2v) is 14.1. The Balaban J connectivity index is 0.000000501. The number of rotatable bonds is 11. The number of carbonyl (C=O) groups is 1. The Hall–Kier alpha value is -5.03. The van der Waals surface area contributed by atoms with Crippen molar-refractivity contribution >= 4 is 27.8 Å². The Morgan fingerprint density at radius 1 is 0.759 bits per heavy atom. The molecule has 5 nitrogen and oxygen atoms in total. The number of para-hydroxylation sites is 2. The van der Waals surface area contributed by atoms with Gasteiger partial charge in [0, 0.05) is 56.6 Å². The molecule has 1 radical (unpaired) electrons. The number of hydrogen-bond donors (Lipinski definition) is 1. The van der Waals surface area contributed by atoms with Crippen LogP contribution < -0.4 is 0 Å². The molecule has 0 aliphatic heterocycles. The summed E-state index contributed by atoms with van der Waals surface area (Å²) in [7, 11) is 0. The first-order valence-corrected chi connectivity index (χ1v) is 18.8. The maximum atomic E-state index is 10.5. The first kappa shape index (κ1) is 40.2. The van der Waals surface area contributed by atoms with E-state index in [1.807, 2.05) is 0 Å². The van der Waals surface area contributed by atoms with Crippen molar-refractivity contribution in [2.75, 3.05) is 0 Å². The van der Waals surface area contributed by atoms with Gasteiger partial charge < -0.3 is 14.1 Å². The van der Waals surface area contributed by atoms with E-state index in [2.05, 4.69) is 154 Å². The Labute approximate surface area is 333 Å². The molecule has 0 atom stereocenters. The molecule has 54 heavy (non-hydrogen) atoms. The van der Waals surface area contributed by atoms with Gasteiger partial charge in [0.05, 0.1) is 22.6 Å². The van der Waals surface area contributed by atoms with Crippen molar-refractivity contribution in [1.82, 2.24) is 9.55 Å². The predicted octanol–water partition coefficient (Wildman–Crippen LogP) is 12.8. The number of aliphatic hydroxyl groups excluding tert-OH is 1. The first-order valence-electron chi connectivity index (χ1n) is 18.8. The molecule has 0 aliphatic carbocycles. The van der Waals surface area contributed by atoms with Crippen LogP contribution in [0.15, 0.2) is 132 Å². The standard InChI is InChI=1S/C41H37N2O.C7H12O2.Ir/c1-27(2)33-24-32(31-15-9-6-10-16-31)25-34(28(3)4)40(33)43-38-18-12-11-17-37(38)42-41(43)36-26-44-39-22-21-30(23-35(36)39)20-19-29-13-7-5-8-14-29;1-3-6(8)5-7(9)4-2;/h5-18,21-25,27-28H,19-20H2,1-4H3;5,8H,3-4H2,1-2H3;/q-1;;/b;6-5-;. The second-order valence-electron chi connectivity index (χ2n) is 14.1. The summed E-state index contributed by atoms with van der Waals surface area (Å²) in [5.41, 5.74) is 12.7. The molecule has 1 N–H and O–H groups in total. The van der Waals surface area contributed by atoms with E-state index in [0.29, 0.717) is 24.7 Å². The molecular formula is C48H49IrN2O3-. The molecule has 0 fully saturated rings. The summed E-state index contributed by atoms with van der Waals surface area (Å²) in [6, 6.07) is 41.1. The summed E-state index contributed by atoms with van der Waals surface area (Å²) in [4.78, 5) is 15.8. The number of benzene rings is 5. The molecule has 6 heteroatoms. The van der Waals surface area contributed by atoms with Crippen molar-refractivity contribution in [3.05, 3.63) is 156 Å². The van der Waals surface area contributed by atoms with Crippen molar-refractivity contribution in [2.45, 2.75) is 79.1 Å². The largest absolute Gasteiger partial charge is 0.557 e. The molecule has 0 bridgehead atoms. The topological polar surface area (TPSA) is 68.3 Å². The van der Waals surface area contributed by atoms with Crippen LogP contribution in [0, 0.1) is 6.26 Å². The van der Waals surface area contributed by atoms with Crippen LogP contribution in [0.1, 0.15) is 88.5 Å². The van der Waals surface area contributed by atoms with Gasteiger partial charge in [-0.25, -0.2) is 0 Å². The number of aryl methyl sites for hydroxylation is 2. The smallest absolute Gasteiger partial charge is 0.158 e. The molecule has 279 valence electrons. The van der Waals surface area contributed by atoms with Gasteiger partial charge in [0.2, 0.25) is 0 Å². The van der Waals surface area contributed by atoms with Gasteiger partial charge in [0.1, 0.15) is 0 Å². The number of imidazole rings is 1. The fourth-order valence-electron chi connectivity index (χ4n) is 6.70. The molecule has 0 saturated carbocycles. The first-order chi connectivity index (χ1) is 25.7. The van der Waals surface area contributed by atoms with E-state index in [1.54, 1.807) is 13.8 Å². The van der Waals surface area contributed by atoms with Gasteiger partial charge in [0.15, 0.2) is 5.78 Å². The Morgan fingerprint density at radius 2 is 1.37 bits per heavy atom. The monoisotopic (exact) mass is 894 g/mol. The maximum absolute atomic E-state index is 10.5. The van der Waals surface area contributed by atoms with Gasteiger partial charge in [-0.05, 0) is 76.8 Å². The van der Waals surface area contributed by atoms with Gasteiger partial charge in [-0.3, -0.25) is 9.78 Å². The van der Waals surface area contributed by atoms with Gasteiger partial charge in [-0.1, -0.05) is 149 Å². The molecule has 7 aromatic rings. The van der Waals surface area contributed by atoms with Gasteiger partial charge in [0.25, 0.3) is 0 Å². The molecule has 0 spiro atoms. The summed E-state index contributed by atoms with van der Waals surface area (Å²) in [5, 5.41) is 9.85. The quantitative estimate of drug-likeness (QED) is 0.0798. The van der Waals surface area contributed by atoms with E-state index < -0.39 is 0 Å². The summed E-state index contributed by atoms with van der Waals surface area (Å²) < 4.78 is 8.43. The van der Waals surface area contributed by atoms with Crippen LogP contribution in [0.3, 0.4) is 0 Å². The summed E-state index contributed by atoms with van der Waals surface area (Å²) in [5.74, 6) is 1.61. The van der Waals surface area contributed by atoms with Crippen LogP contribution in [0.25, 0.3) is 50.2 Å². The molecule has 0 saturated heterocycles. The number of hydrogen-bond acceptors (Lipinski definition) is 4. The second kappa shape index (κ2) is 18.3. The van der Waals surface area contributed by atoms with Crippen LogP contribution in [-0.4, -0.2) is 20.4 Å². The van der Waals surface area contributed by atoms with Crippen molar-refractivity contribution < 1.29 is 34.4 Å². The Morgan fingerprint density at radius 3 is 2.00 bits per heavy atom. The third-order valence-corrected chi connectivity index (χ3v) is 9.69. The zero-order valence-corrected chi connectivity index (χ0v) is 34.4. The number of aliphatic hydroxyl groups is 1. The van der Waals surface area contributed by atoms with Crippen LogP contribution in [-0.2, 0) is 37.7 Å². The average molecular weight is 894 g/mol. The van der Waals surface area contributed by atoms with Gasteiger partial charge >= 0.3 is 0 Å². The molecule has 0 unspecified atom stereocenters. The van der Waals surface area contributed by atoms with E-state index in [1.165, 1.54) is 45.1 Å². The van der Waals surface area contributed by atoms with Gasteiger partial charge in [-0.2, -0.15) is 0 Å². The van der Waals surface area contributed by atoms with E-state index >= 15 is 0 Å². The van der Waals surface area contributed by atoms with Gasteiger partial charge in [-0.15, -0.1) is 0 Å². The van der Waals surface area contributed by atoms with Crippen LogP contribution in [0.5, 0.6) is 0 Å². The van der Waals surface area contributed by atoms with Crippen molar-refractivity contribution in [1.29, 1.82) is 0 Å². The molecule has 5 aromatic carbocycles. The number of nitrogens with zero attached hydrogens (tertiary/aromatic N) is 2. The molecule has 2 aromatic heterocycles. The summed E-state index contributed by atoms with van der Waals surface area (Å²) >= 11 is 0. The third kappa shape index (κ3) is 9.01. The minimum Gasteiger partial charge on any atom is -0.557 e. The van der Waals surface area contributed by atoms with E-state index in [0.717, 1.165) is 46.2 Å². The van der Waals surface area contributed by atoms with Crippen molar-refractivity contribution in [2.24, 2.45) is 0 Å². The number of carbonyl (C=O) groups excluding carboxylic acids is 1. The number of ketones is 1. The molecular weight excluding hydrogens is 845 g/mol. The molecule has 0 amide bonds. The maximum Gasteiger partial charge on any atom is 0.158 e. The minimum absolute atomic E-state index is 0. The normalized spacial score (nSPS) is 11.5. The fraction of sp³-hybridized carbons (Fsp3) is 0.250. The summed E-state index contributed by atoms with van der Waals surface area (Å²) in [6.07, 6.45) is 7.50. The fourth-order valence-corrected chi connectivity index (χ4v) is 6.70.